The number of rotatable bonds is 2. The summed E-state index contributed by atoms with van der Waals surface area (Å²) in [5.41, 5.74) is 3.80. The molecule has 3 rings (SSSR count). The van der Waals surface area contributed by atoms with Crippen molar-refractivity contribution >= 4 is 0 Å². The molecule has 0 bridgehead atoms. The highest BCUT2D eigenvalue weighted by atomic mass is 15.3. The first-order chi connectivity index (χ1) is 7.92. The summed E-state index contributed by atoms with van der Waals surface area (Å²) in [6.45, 7) is 2.96. The highest BCUT2D eigenvalue weighted by Crippen LogP contribution is 2.12. The molecule has 0 unspecified atom stereocenters. The van der Waals surface area contributed by atoms with E-state index in [1.54, 1.807) is 0 Å². The van der Waals surface area contributed by atoms with Crippen molar-refractivity contribution in [1.29, 1.82) is 0 Å². The summed E-state index contributed by atoms with van der Waals surface area (Å²) in [6.07, 6.45) is 0.931. The molecule has 82 valence electrons. The van der Waals surface area contributed by atoms with Crippen molar-refractivity contribution in [2.75, 3.05) is 6.54 Å². The molecule has 0 fully saturated rings. The average molecular weight is 213 g/mol. The van der Waals surface area contributed by atoms with Gasteiger partial charge in [0, 0.05) is 19.5 Å². The van der Waals surface area contributed by atoms with Crippen molar-refractivity contribution in [3.8, 4) is 0 Å². The molecule has 2 aromatic rings. The Morgan fingerprint density at radius 3 is 2.94 bits per heavy atom. The number of fused-ring (bicyclic) bond motifs is 1. The van der Waals surface area contributed by atoms with Crippen LogP contribution in [0.3, 0.4) is 0 Å². The molecule has 0 saturated heterocycles. The molecule has 16 heavy (non-hydrogen) atoms. The van der Waals surface area contributed by atoms with Gasteiger partial charge in [-0.2, -0.15) is 5.10 Å². The van der Waals surface area contributed by atoms with Crippen molar-refractivity contribution in [1.82, 2.24) is 15.1 Å². The smallest absolute Gasteiger partial charge is 0.0671 e. The zero-order valence-electron chi connectivity index (χ0n) is 9.19. The van der Waals surface area contributed by atoms with Crippen LogP contribution in [0.5, 0.6) is 0 Å². The molecule has 0 amide bonds. The number of benzene rings is 1. The lowest BCUT2D eigenvalue weighted by atomic mass is 10.1. The molecule has 0 spiro atoms. The first-order valence-electron chi connectivity index (χ1n) is 5.72. The summed E-state index contributed by atoms with van der Waals surface area (Å²) < 4.78 is 2.12. The number of hydrogen-bond acceptors (Lipinski definition) is 2. The van der Waals surface area contributed by atoms with E-state index in [9.17, 15) is 0 Å². The predicted octanol–water partition coefficient (Wildman–Crippen LogP) is 1.58. The third-order valence-electron chi connectivity index (χ3n) is 2.95. The van der Waals surface area contributed by atoms with Crippen LogP contribution < -0.4 is 5.32 Å². The fourth-order valence-electron chi connectivity index (χ4n) is 2.14. The standard InChI is InChI=1S/C13H15N3/c1-2-4-11(5-3-1)8-12-9-13-10-14-6-7-16(13)15-12/h1-5,9,14H,6-8,10H2. The van der Waals surface area contributed by atoms with Gasteiger partial charge in [-0.3, -0.25) is 4.68 Å². The maximum atomic E-state index is 4.62. The van der Waals surface area contributed by atoms with Gasteiger partial charge in [0.25, 0.3) is 0 Å². The fourth-order valence-corrected chi connectivity index (χ4v) is 2.14. The van der Waals surface area contributed by atoms with E-state index in [0.29, 0.717) is 0 Å². The zero-order valence-corrected chi connectivity index (χ0v) is 9.19. The summed E-state index contributed by atoms with van der Waals surface area (Å²) in [5.74, 6) is 0. The van der Waals surface area contributed by atoms with Gasteiger partial charge >= 0.3 is 0 Å². The van der Waals surface area contributed by atoms with Gasteiger partial charge < -0.3 is 5.32 Å². The first-order valence-corrected chi connectivity index (χ1v) is 5.72. The van der Waals surface area contributed by atoms with E-state index in [2.05, 4.69) is 45.4 Å². The minimum atomic E-state index is 0.931. The number of nitrogens with zero attached hydrogens (tertiary/aromatic N) is 2. The SMILES string of the molecule is c1ccc(Cc2cc3n(n2)CCNC3)cc1. The third-order valence-corrected chi connectivity index (χ3v) is 2.95. The van der Waals surface area contributed by atoms with E-state index in [0.717, 1.165) is 26.1 Å². The summed E-state index contributed by atoms with van der Waals surface area (Å²) in [6, 6.07) is 12.7. The Labute approximate surface area is 95.1 Å². The second-order valence-corrected chi connectivity index (χ2v) is 4.19. The van der Waals surface area contributed by atoms with Gasteiger partial charge in [-0.25, -0.2) is 0 Å². The third kappa shape index (κ3) is 1.86. The van der Waals surface area contributed by atoms with Gasteiger partial charge in [-0.05, 0) is 11.6 Å². The molecule has 3 nitrogen and oxygen atoms in total. The Morgan fingerprint density at radius 2 is 2.12 bits per heavy atom. The zero-order chi connectivity index (χ0) is 10.8. The molecule has 2 heterocycles. The van der Waals surface area contributed by atoms with Gasteiger partial charge in [-0.1, -0.05) is 30.3 Å². The normalized spacial score (nSPS) is 14.8. The maximum absolute atomic E-state index is 4.62. The topological polar surface area (TPSA) is 29.9 Å². The number of nitrogens with one attached hydrogen (secondary N) is 1. The molecule has 1 N–H and O–H groups in total. The Balaban J connectivity index is 1.83. The molecule has 1 aliphatic rings. The lowest BCUT2D eigenvalue weighted by molar-refractivity contribution is 0.474. The monoisotopic (exact) mass is 213 g/mol. The van der Waals surface area contributed by atoms with Gasteiger partial charge in [0.15, 0.2) is 0 Å². The summed E-state index contributed by atoms with van der Waals surface area (Å²) in [5, 5.41) is 7.98. The Kier molecular flexibility index (Phi) is 2.46. The minimum absolute atomic E-state index is 0.931. The van der Waals surface area contributed by atoms with Crippen molar-refractivity contribution in [3.63, 3.8) is 0 Å². The molecule has 1 aromatic carbocycles. The van der Waals surface area contributed by atoms with Crippen LogP contribution in [0.15, 0.2) is 36.4 Å². The van der Waals surface area contributed by atoms with Crippen molar-refractivity contribution in [2.45, 2.75) is 19.5 Å². The fraction of sp³-hybridized carbons (Fsp3) is 0.308. The predicted molar refractivity (Wildman–Crippen MR) is 63.2 cm³/mol. The Morgan fingerprint density at radius 1 is 1.25 bits per heavy atom. The van der Waals surface area contributed by atoms with Crippen LogP contribution in [0.1, 0.15) is 17.0 Å². The van der Waals surface area contributed by atoms with Gasteiger partial charge in [0.1, 0.15) is 0 Å². The van der Waals surface area contributed by atoms with Crippen LogP contribution in [0.2, 0.25) is 0 Å². The van der Waals surface area contributed by atoms with Crippen LogP contribution in [0.25, 0.3) is 0 Å². The lowest BCUT2D eigenvalue weighted by Gasteiger charge is -2.13. The van der Waals surface area contributed by atoms with Crippen molar-refractivity contribution in [3.05, 3.63) is 53.3 Å². The van der Waals surface area contributed by atoms with Crippen LogP contribution >= 0.6 is 0 Å². The van der Waals surface area contributed by atoms with E-state index in [4.69, 9.17) is 0 Å². The lowest BCUT2D eigenvalue weighted by Crippen LogP contribution is -2.28. The Bertz CT molecular complexity index is 450. The van der Waals surface area contributed by atoms with Crippen LogP contribution in [-0.4, -0.2) is 16.3 Å². The van der Waals surface area contributed by atoms with E-state index in [1.807, 2.05) is 6.07 Å². The Hall–Kier alpha value is -1.61. The molecule has 0 radical (unpaired) electrons. The number of aromatic nitrogens is 2. The molecule has 0 saturated carbocycles. The molecule has 1 aliphatic heterocycles. The molecule has 1 aromatic heterocycles. The second-order valence-electron chi connectivity index (χ2n) is 4.19. The van der Waals surface area contributed by atoms with Crippen molar-refractivity contribution in [2.24, 2.45) is 0 Å². The average Bonchev–Trinajstić information content (AvgIpc) is 2.72. The quantitative estimate of drug-likeness (QED) is 0.820. The van der Waals surface area contributed by atoms with E-state index in [1.165, 1.54) is 17.0 Å². The number of hydrogen-bond donors (Lipinski definition) is 1. The van der Waals surface area contributed by atoms with E-state index in [-0.39, 0.29) is 0 Å². The molecule has 0 aliphatic carbocycles. The summed E-state index contributed by atoms with van der Waals surface area (Å²) >= 11 is 0. The maximum Gasteiger partial charge on any atom is 0.0671 e. The van der Waals surface area contributed by atoms with Gasteiger partial charge in [0.2, 0.25) is 0 Å². The second kappa shape index (κ2) is 4.10. The summed E-state index contributed by atoms with van der Waals surface area (Å²) in [4.78, 5) is 0. The van der Waals surface area contributed by atoms with Crippen molar-refractivity contribution < 1.29 is 0 Å². The summed E-state index contributed by atoms with van der Waals surface area (Å²) in [7, 11) is 0. The van der Waals surface area contributed by atoms with Crippen LogP contribution in [0, 0.1) is 0 Å². The van der Waals surface area contributed by atoms with E-state index >= 15 is 0 Å². The highest BCUT2D eigenvalue weighted by molar-refractivity contribution is 5.23. The molecular formula is C13H15N3. The van der Waals surface area contributed by atoms with E-state index < -0.39 is 0 Å². The largest absolute Gasteiger partial charge is 0.309 e. The van der Waals surface area contributed by atoms with Gasteiger partial charge in [-0.15, -0.1) is 0 Å². The highest BCUT2D eigenvalue weighted by Gasteiger charge is 2.11. The van der Waals surface area contributed by atoms with Crippen LogP contribution in [-0.2, 0) is 19.5 Å². The van der Waals surface area contributed by atoms with Crippen LogP contribution in [0.4, 0.5) is 0 Å². The van der Waals surface area contributed by atoms with Gasteiger partial charge in [0.05, 0.1) is 17.9 Å². The first kappa shape index (κ1) is 9.60. The molecule has 3 heteroatoms. The molecular weight excluding hydrogens is 198 g/mol. The minimum Gasteiger partial charge on any atom is -0.309 e. The molecule has 0 atom stereocenters.